The lowest BCUT2D eigenvalue weighted by Gasteiger charge is -2.22. The number of benzene rings is 3. The number of nitro groups is 2. The number of carbonyl (C=O) groups excluding carboxylic acids is 5. The molecule has 2 atom stereocenters. The van der Waals surface area contributed by atoms with Crippen molar-refractivity contribution in [2.75, 3.05) is 40.5 Å². The first-order valence-corrected chi connectivity index (χ1v) is 18.1. The van der Waals surface area contributed by atoms with Crippen LogP contribution in [0.25, 0.3) is 0 Å². The Hall–Kier alpha value is -6.30. The van der Waals surface area contributed by atoms with Crippen molar-refractivity contribution in [2.24, 2.45) is 0 Å². The van der Waals surface area contributed by atoms with E-state index in [1.54, 1.807) is 31.2 Å². The SMILES string of the molecule is COC(=O)[C@@H]1CC(=O)CN1C(=O)c1cc(OCc2ccc(Cl)cc2)c(OCCCCCOc2cc([N+](=O)[O-])c(C(=O)N3CC(=O)C[C@H]3C)cc2OC)cc1[N+](=O)[O-]. The molecule has 19 heteroatoms. The topological polar surface area (TPSA) is 224 Å². The molecule has 2 heterocycles. The van der Waals surface area contributed by atoms with Crippen LogP contribution >= 0.6 is 11.6 Å². The quantitative estimate of drug-likeness (QED) is 0.0746. The molecule has 0 spiro atoms. The van der Waals surface area contributed by atoms with Gasteiger partial charge >= 0.3 is 5.97 Å². The highest BCUT2D eigenvalue weighted by Gasteiger charge is 2.42. The molecular formula is C38H39ClN4O14. The monoisotopic (exact) mass is 810 g/mol. The summed E-state index contributed by atoms with van der Waals surface area (Å²) in [6, 6.07) is 9.60. The van der Waals surface area contributed by atoms with Crippen LogP contribution in [0.3, 0.4) is 0 Å². The maximum absolute atomic E-state index is 13.7. The number of esters is 1. The van der Waals surface area contributed by atoms with Gasteiger partial charge in [-0.1, -0.05) is 23.7 Å². The van der Waals surface area contributed by atoms with Gasteiger partial charge in [-0.25, -0.2) is 4.79 Å². The van der Waals surface area contributed by atoms with E-state index in [1.807, 2.05) is 0 Å². The Balaban J connectivity index is 1.26. The second kappa shape index (κ2) is 18.6. The number of rotatable bonds is 17. The van der Waals surface area contributed by atoms with Crippen LogP contribution in [-0.4, -0.2) is 102 Å². The summed E-state index contributed by atoms with van der Waals surface area (Å²) >= 11 is 6.00. The second-order valence-electron chi connectivity index (χ2n) is 13.3. The van der Waals surface area contributed by atoms with Crippen LogP contribution in [0.4, 0.5) is 11.4 Å². The second-order valence-corrected chi connectivity index (χ2v) is 13.7. The van der Waals surface area contributed by atoms with Gasteiger partial charge in [-0.05, 0) is 43.9 Å². The molecule has 2 aliphatic rings. The average molecular weight is 811 g/mol. The number of hydrogen-bond acceptors (Lipinski definition) is 14. The van der Waals surface area contributed by atoms with Gasteiger partial charge in [0.05, 0.1) is 62.5 Å². The van der Waals surface area contributed by atoms with Gasteiger partial charge in [0.15, 0.2) is 34.6 Å². The van der Waals surface area contributed by atoms with Gasteiger partial charge in [-0.15, -0.1) is 0 Å². The molecule has 3 aromatic rings. The van der Waals surface area contributed by atoms with E-state index in [-0.39, 0.29) is 73.6 Å². The first-order chi connectivity index (χ1) is 27.2. The van der Waals surface area contributed by atoms with E-state index in [4.69, 9.17) is 35.3 Å². The van der Waals surface area contributed by atoms with Gasteiger partial charge in [0.1, 0.15) is 23.8 Å². The van der Waals surface area contributed by atoms with Crippen molar-refractivity contribution < 1.29 is 57.5 Å². The van der Waals surface area contributed by atoms with Crippen LogP contribution in [0.2, 0.25) is 5.02 Å². The van der Waals surface area contributed by atoms with Crippen LogP contribution in [0.15, 0.2) is 48.5 Å². The number of amides is 2. The van der Waals surface area contributed by atoms with Crippen LogP contribution in [0, 0.1) is 20.2 Å². The van der Waals surface area contributed by atoms with Crippen molar-refractivity contribution in [3.8, 4) is 23.0 Å². The number of halogens is 1. The molecule has 0 radical (unpaired) electrons. The molecule has 18 nitrogen and oxygen atoms in total. The minimum atomic E-state index is -1.25. The highest BCUT2D eigenvalue weighted by Crippen LogP contribution is 2.38. The Morgan fingerprint density at radius 3 is 1.77 bits per heavy atom. The normalized spacial score (nSPS) is 16.4. The molecule has 0 unspecified atom stereocenters. The zero-order valence-corrected chi connectivity index (χ0v) is 32.0. The number of Topliss-reactive ketones (excluding diaryl/α,β-unsaturated/α-hetero) is 2. The number of ether oxygens (including phenoxy) is 5. The number of carbonyl (C=O) groups is 5. The van der Waals surface area contributed by atoms with Crippen LogP contribution in [0.5, 0.6) is 23.0 Å². The molecule has 2 aliphatic heterocycles. The van der Waals surface area contributed by atoms with E-state index in [0.717, 1.165) is 30.2 Å². The van der Waals surface area contributed by atoms with Gasteiger partial charge in [0.25, 0.3) is 23.2 Å². The molecule has 2 fully saturated rings. The summed E-state index contributed by atoms with van der Waals surface area (Å²) in [6.07, 6.45) is 1.25. The highest BCUT2D eigenvalue weighted by molar-refractivity contribution is 6.30. The Morgan fingerprint density at radius 1 is 0.737 bits per heavy atom. The van der Waals surface area contributed by atoms with E-state index in [9.17, 15) is 44.2 Å². The minimum Gasteiger partial charge on any atom is -0.493 e. The van der Waals surface area contributed by atoms with Gasteiger partial charge in [-0.3, -0.25) is 39.4 Å². The number of ketones is 2. The van der Waals surface area contributed by atoms with Gasteiger partial charge in [-0.2, -0.15) is 0 Å². The van der Waals surface area contributed by atoms with Crippen molar-refractivity contribution in [3.05, 3.63) is 90.5 Å². The van der Waals surface area contributed by atoms with Gasteiger partial charge in [0, 0.05) is 36.0 Å². The largest absolute Gasteiger partial charge is 0.493 e. The maximum Gasteiger partial charge on any atom is 0.329 e. The van der Waals surface area contributed by atoms with E-state index in [2.05, 4.69) is 0 Å². The number of likely N-dealkylation sites (tertiary alicyclic amines) is 2. The number of nitro benzene ring substituents is 2. The fourth-order valence-electron chi connectivity index (χ4n) is 6.41. The Bertz CT molecular complexity index is 2070. The molecule has 302 valence electrons. The minimum absolute atomic E-state index is 0.0104. The lowest BCUT2D eigenvalue weighted by molar-refractivity contribution is -0.385. The maximum atomic E-state index is 13.7. The van der Waals surface area contributed by atoms with Gasteiger partial charge < -0.3 is 33.5 Å². The van der Waals surface area contributed by atoms with Crippen molar-refractivity contribution in [3.63, 3.8) is 0 Å². The molecule has 0 aliphatic carbocycles. The summed E-state index contributed by atoms with van der Waals surface area (Å²) < 4.78 is 27.8. The lowest BCUT2D eigenvalue weighted by Crippen LogP contribution is -2.41. The zero-order chi connectivity index (χ0) is 41.4. The van der Waals surface area contributed by atoms with Crippen molar-refractivity contribution in [2.45, 2.75) is 57.7 Å². The average Bonchev–Trinajstić information content (AvgIpc) is 3.75. The number of unbranched alkanes of at least 4 members (excludes halogenated alkanes) is 2. The number of nitrogens with zero attached hydrogens (tertiary/aromatic N) is 4. The van der Waals surface area contributed by atoms with Crippen LogP contribution < -0.4 is 18.9 Å². The summed E-state index contributed by atoms with van der Waals surface area (Å²) in [5.74, 6) is -2.90. The Morgan fingerprint density at radius 2 is 1.25 bits per heavy atom. The zero-order valence-electron chi connectivity index (χ0n) is 31.2. The molecule has 0 aromatic heterocycles. The standard InChI is InChI=1S/C38H39ClN4O14/c1-22-13-25(44)19-40(22)36(46)27-15-32(53-2)34(17-29(27)42(49)50)55-11-5-4-6-12-56-35-18-30(43(51)52)28(16-33(35)57-21-23-7-9-24(39)10-8-23)37(47)41-20-26(45)14-31(41)38(48)54-3/h7-10,15-18,22,31H,4-6,11-14,19-21H2,1-3H3/t22-,31+/m1/s1. The fraction of sp³-hybridized carbons (Fsp3) is 0.395. The Kier molecular flexibility index (Phi) is 13.6. The third-order valence-corrected chi connectivity index (χ3v) is 9.60. The predicted octanol–water partition coefficient (Wildman–Crippen LogP) is 5.13. The van der Waals surface area contributed by atoms with Crippen molar-refractivity contribution >= 4 is 52.3 Å². The summed E-state index contributed by atoms with van der Waals surface area (Å²) in [7, 11) is 2.43. The predicted molar refractivity (Wildman–Crippen MR) is 200 cm³/mol. The Labute approximate surface area is 330 Å². The van der Waals surface area contributed by atoms with E-state index in [0.29, 0.717) is 29.8 Å². The molecule has 2 amide bonds. The van der Waals surface area contributed by atoms with E-state index >= 15 is 0 Å². The number of methoxy groups -OCH3 is 2. The molecule has 5 rings (SSSR count). The molecular weight excluding hydrogens is 772 g/mol. The lowest BCUT2D eigenvalue weighted by atomic mass is 10.1. The molecule has 3 aromatic carbocycles. The third-order valence-electron chi connectivity index (χ3n) is 9.35. The summed E-state index contributed by atoms with van der Waals surface area (Å²) in [4.78, 5) is 88.3. The van der Waals surface area contributed by atoms with E-state index in [1.165, 1.54) is 18.1 Å². The third kappa shape index (κ3) is 9.93. The first kappa shape index (κ1) is 41.9. The summed E-state index contributed by atoms with van der Waals surface area (Å²) in [6.45, 7) is 1.24. The highest BCUT2D eigenvalue weighted by atomic mass is 35.5. The summed E-state index contributed by atoms with van der Waals surface area (Å²) in [5, 5.41) is 24.7. The molecule has 0 saturated carbocycles. The molecule has 57 heavy (non-hydrogen) atoms. The number of hydrogen-bond donors (Lipinski definition) is 0. The van der Waals surface area contributed by atoms with Crippen LogP contribution in [-0.2, 0) is 25.7 Å². The van der Waals surface area contributed by atoms with Crippen molar-refractivity contribution in [1.82, 2.24) is 9.80 Å². The molecule has 0 bridgehead atoms. The van der Waals surface area contributed by atoms with Crippen LogP contribution in [0.1, 0.15) is 65.3 Å². The van der Waals surface area contributed by atoms with Crippen molar-refractivity contribution in [1.29, 1.82) is 0 Å². The van der Waals surface area contributed by atoms with E-state index < -0.39 is 69.0 Å². The fourth-order valence-corrected chi connectivity index (χ4v) is 6.54. The van der Waals surface area contributed by atoms with Gasteiger partial charge in [0.2, 0.25) is 0 Å². The molecule has 2 saturated heterocycles. The smallest absolute Gasteiger partial charge is 0.329 e. The first-order valence-electron chi connectivity index (χ1n) is 17.8. The molecule has 0 N–H and O–H groups in total. The summed E-state index contributed by atoms with van der Waals surface area (Å²) in [5.41, 5.74) is -1.09.